The summed E-state index contributed by atoms with van der Waals surface area (Å²) < 4.78 is 0. The highest BCUT2D eigenvalue weighted by molar-refractivity contribution is 7.98. The zero-order valence-electron chi connectivity index (χ0n) is 19.7. The lowest BCUT2D eigenvalue weighted by molar-refractivity contribution is -0.142. The number of thioether (sulfide) groups is 1. The van der Waals surface area contributed by atoms with Crippen molar-refractivity contribution >= 4 is 41.4 Å². The van der Waals surface area contributed by atoms with Crippen molar-refractivity contribution in [2.45, 2.75) is 43.8 Å². The molecule has 0 saturated carbocycles. The summed E-state index contributed by atoms with van der Waals surface area (Å²) in [5.41, 5.74) is 17.1. The number of rotatable bonds is 16. The van der Waals surface area contributed by atoms with Crippen LogP contribution in [0.3, 0.4) is 0 Å². The van der Waals surface area contributed by atoms with Crippen molar-refractivity contribution in [2.24, 2.45) is 22.2 Å². The fourth-order valence-corrected chi connectivity index (χ4v) is 3.50. The van der Waals surface area contributed by atoms with Crippen molar-refractivity contribution in [1.82, 2.24) is 16.0 Å². The molecule has 35 heavy (non-hydrogen) atoms. The minimum atomic E-state index is -1.22. The van der Waals surface area contributed by atoms with Crippen molar-refractivity contribution in [2.75, 3.05) is 25.1 Å². The standard InChI is InChI=1S/C22H35N7O5S/c1-35-11-9-15(23)19(31)27-13-18(30)28-17(12-14-6-3-2-4-7-14)20(32)29-16(21(33)34)8-5-10-26-22(24)25/h2-4,6-7,15-17H,5,8-13,23H2,1H3,(H,27,31)(H,28,30)(H,29,32)(H,33,34)(H4,24,25,26)/t15-,16-,17-/m0/s1. The Morgan fingerprint density at radius 3 is 2.31 bits per heavy atom. The predicted octanol–water partition coefficient (Wildman–Crippen LogP) is -1.47. The number of aliphatic carboxylic acids is 1. The van der Waals surface area contributed by atoms with Gasteiger partial charge in [0, 0.05) is 13.0 Å². The molecule has 3 atom stereocenters. The maximum Gasteiger partial charge on any atom is 0.326 e. The largest absolute Gasteiger partial charge is 0.480 e. The summed E-state index contributed by atoms with van der Waals surface area (Å²) in [7, 11) is 0. The van der Waals surface area contributed by atoms with Crippen molar-refractivity contribution < 1.29 is 24.3 Å². The molecule has 0 heterocycles. The monoisotopic (exact) mass is 509 g/mol. The number of hydrogen-bond donors (Lipinski definition) is 7. The van der Waals surface area contributed by atoms with E-state index in [1.807, 2.05) is 12.3 Å². The van der Waals surface area contributed by atoms with Gasteiger partial charge in [0.2, 0.25) is 17.7 Å². The maximum absolute atomic E-state index is 12.9. The van der Waals surface area contributed by atoms with Crippen molar-refractivity contribution in [3.63, 3.8) is 0 Å². The molecule has 1 aromatic carbocycles. The number of carbonyl (C=O) groups excluding carboxylic acids is 3. The molecule has 10 N–H and O–H groups in total. The molecule has 0 aliphatic heterocycles. The Kier molecular flexibility index (Phi) is 13.9. The third kappa shape index (κ3) is 12.6. The summed E-state index contributed by atoms with van der Waals surface area (Å²) in [5, 5.41) is 17.0. The second-order valence-electron chi connectivity index (χ2n) is 7.76. The van der Waals surface area contributed by atoms with E-state index in [1.165, 1.54) is 0 Å². The van der Waals surface area contributed by atoms with Crippen LogP contribution in [0.2, 0.25) is 0 Å². The number of carboxylic acids is 1. The molecule has 0 radical (unpaired) electrons. The Hall–Kier alpha value is -3.32. The van der Waals surface area contributed by atoms with Crippen molar-refractivity contribution in [1.29, 1.82) is 0 Å². The molecule has 0 saturated heterocycles. The number of hydrogen-bond acceptors (Lipinski definition) is 7. The van der Waals surface area contributed by atoms with Gasteiger partial charge in [-0.25, -0.2) is 4.79 Å². The van der Waals surface area contributed by atoms with E-state index in [-0.39, 0.29) is 31.9 Å². The van der Waals surface area contributed by atoms with Gasteiger partial charge in [-0.05, 0) is 36.8 Å². The Balaban J connectivity index is 2.80. The van der Waals surface area contributed by atoms with E-state index in [0.29, 0.717) is 18.6 Å². The minimum absolute atomic E-state index is 0.0911. The van der Waals surface area contributed by atoms with Gasteiger partial charge in [-0.2, -0.15) is 11.8 Å². The van der Waals surface area contributed by atoms with E-state index >= 15 is 0 Å². The number of nitrogens with two attached hydrogens (primary N) is 3. The Morgan fingerprint density at radius 2 is 1.71 bits per heavy atom. The number of carboxylic acid groups (broad SMARTS) is 1. The molecule has 0 unspecified atom stereocenters. The van der Waals surface area contributed by atoms with Crippen LogP contribution in [-0.2, 0) is 25.6 Å². The first-order valence-electron chi connectivity index (χ1n) is 11.1. The van der Waals surface area contributed by atoms with Gasteiger partial charge in [0.15, 0.2) is 5.96 Å². The van der Waals surface area contributed by atoms with Crippen LogP contribution in [0.25, 0.3) is 0 Å². The first-order valence-corrected chi connectivity index (χ1v) is 12.5. The number of benzene rings is 1. The normalized spacial score (nSPS) is 13.1. The summed E-state index contributed by atoms with van der Waals surface area (Å²) in [5.74, 6) is -2.37. The molecule has 13 heteroatoms. The van der Waals surface area contributed by atoms with Crippen LogP contribution < -0.4 is 33.2 Å². The van der Waals surface area contributed by atoms with Crippen LogP contribution in [0, 0.1) is 0 Å². The van der Waals surface area contributed by atoms with E-state index in [2.05, 4.69) is 20.9 Å². The Morgan fingerprint density at radius 1 is 1.03 bits per heavy atom. The number of carbonyl (C=O) groups is 4. The van der Waals surface area contributed by atoms with E-state index in [1.54, 1.807) is 36.0 Å². The highest BCUT2D eigenvalue weighted by atomic mass is 32.2. The lowest BCUT2D eigenvalue weighted by Gasteiger charge is -2.22. The number of nitrogens with zero attached hydrogens (tertiary/aromatic N) is 1. The van der Waals surface area contributed by atoms with Crippen molar-refractivity contribution in [3.05, 3.63) is 35.9 Å². The molecule has 0 aliphatic carbocycles. The van der Waals surface area contributed by atoms with Gasteiger partial charge in [-0.3, -0.25) is 19.4 Å². The summed E-state index contributed by atoms with van der Waals surface area (Å²) in [6.45, 7) is -0.157. The number of amides is 3. The molecule has 0 fully saturated rings. The first kappa shape index (κ1) is 29.7. The zero-order chi connectivity index (χ0) is 26.2. The summed E-state index contributed by atoms with van der Waals surface area (Å²) >= 11 is 1.56. The van der Waals surface area contributed by atoms with Crippen LogP contribution in [0.15, 0.2) is 35.3 Å². The van der Waals surface area contributed by atoms with Gasteiger partial charge >= 0.3 is 5.97 Å². The third-order valence-corrected chi connectivity index (χ3v) is 5.53. The fourth-order valence-electron chi connectivity index (χ4n) is 3.01. The molecule has 3 amide bonds. The minimum Gasteiger partial charge on any atom is -0.480 e. The van der Waals surface area contributed by atoms with Gasteiger partial charge in [-0.15, -0.1) is 0 Å². The number of aliphatic imine (C=N–C) groups is 1. The summed E-state index contributed by atoms with van der Waals surface area (Å²) in [6, 6.07) is 5.94. The van der Waals surface area contributed by atoms with Gasteiger partial charge in [0.05, 0.1) is 12.6 Å². The van der Waals surface area contributed by atoms with E-state index in [4.69, 9.17) is 17.2 Å². The number of nitrogens with one attached hydrogen (secondary N) is 3. The second kappa shape index (κ2) is 16.3. The summed E-state index contributed by atoms with van der Waals surface area (Å²) in [4.78, 5) is 52.9. The van der Waals surface area contributed by atoms with Crippen LogP contribution in [0.4, 0.5) is 0 Å². The van der Waals surface area contributed by atoms with Crippen LogP contribution in [0.1, 0.15) is 24.8 Å². The van der Waals surface area contributed by atoms with Crippen molar-refractivity contribution in [3.8, 4) is 0 Å². The Bertz CT molecular complexity index is 865. The molecule has 0 bridgehead atoms. The van der Waals surface area contributed by atoms with E-state index < -0.39 is 41.8 Å². The van der Waals surface area contributed by atoms with Gasteiger partial charge < -0.3 is 38.3 Å². The molecular formula is C22H35N7O5S. The van der Waals surface area contributed by atoms with E-state index in [0.717, 1.165) is 5.56 Å². The van der Waals surface area contributed by atoms with Gasteiger partial charge in [0.25, 0.3) is 0 Å². The second-order valence-corrected chi connectivity index (χ2v) is 8.75. The fraction of sp³-hybridized carbons (Fsp3) is 0.500. The molecule has 0 aromatic heterocycles. The molecule has 12 nitrogen and oxygen atoms in total. The topological polar surface area (TPSA) is 215 Å². The lowest BCUT2D eigenvalue weighted by atomic mass is 10.0. The highest BCUT2D eigenvalue weighted by Crippen LogP contribution is 2.06. The van der Waals surface area contributed by atoms with E-state index in [9.17, 15) is 24.3 Å². The lowest BCUT2D eigenvalue weighted by Crippen LogP contribution is -2.54. The Labute approximate surface area is 208 Å². The molecule has 0 aliphatic rings. The van der Waals surface area contributed by atoms with Gasteiger partial charge in [0.1, 0.15) is 12.1 Å². The van der Waals surface area contributed by atoms with Crippen LogP contribution in [0.5, 0.6) is 0 Å². The average molecular weight is 510 g/mol. The average Bonchev–Trinajstić information content (AvgIpc) is 2.82. The molecule has 1 rings (SSSR count). The summed E-state index contributed by atoms with van der Waals surface area (Å²) in [6.07, 6.45) is 2.91. The molecule has 0 spiro atoms. The third-order valence-electron chi connectivity index (χ3n) is 4.89. The quantitative estimate of drug-likeness (QED) is 0.0785. The maximum atomic E-state index is 12.9. The van der Waals surface area contributed by atoms with Crippen LogP contribution >= 0.6 is 11.8 Å². The zero-order valence-corrected chi connectivity index (χ0v) is 20.6. The molecule has 1 aromatic rings. The molecule has 194 valence electrons. The van der Waals surface area contributed by atoms with Crippen LogP contribution in [-0.4, -0.2) is 78.0 Å². The predicted molar refractivity (Wildman–Crippen MR) is 136 cm³/mol. The van der Waals surface area contributed by atoms with Gasteiger partial charge in [-0.1, -0.05) is 30.3 Å². The molecular weight excluding hydrogens is 474 g/mol. The smallest absolute Gasteiger partial charge is 0.326 e. The number of guanidine groups is 1. The SMILES string of the molecule is CSCC[C@H](N)C(=O)NCC(=O)N[C@@H](Cc1ccccc1)C(=O)N[C@@H](CCCN=C(N)N)C(=O)O. The first-order chi connectivity index (χ1) is 16.6. The highest BCUT2D eigenvalue weighted by Gasteiger charge is 2.27.